The number of thioether (sulfide) groups is 1. The Morgan fingerprint density at radius 1 is 1.29 bits per heavy atom. The van der Waals surface area contributed by atoms with Crippen molar-refractivity contribution in [2.24, 2.45) is 0 Å². The Morgan fingerprint density at radius 3 is 2.48 bits per heavy atom. The molecule has 1 aromatic carbocycles. The Kier molecular flexibility index (Phi) is 6.71. The minimum Gasteiger partial charge on any atom is -0.316 e. The van der Waals surface area contributed by atoms with Gasteiger partial charge in [-0.3, -0.25) is 0 Å². The fourth-order valence-electron chi connectivity index (χ4n) is 1.87. The topological polar surface area (TPSA) is 58.2 Å². The molecule has 0 bridgehead atoms. The van der Waals surface area contributed by atoms with Crippen LogP contribution in [-0.4, -0.2) is 33.0 Å². The molecule has 1 aromatic rings. The highest BCUT2D eigenvalue weighted by Gasteiger charge is 2.23. The molecule has 0 saturated carbocycles. The highest BCUT2D eigenvalue weighted by molar-refractivity contribution is 8.00. The average molecular weight is 331 g/mol. The van der Waals surface area contributed by atoms with Gasteiger partial charge in [-0.25, -0.2) is 13.1 Å². The van der Waals surface area contributed by atoms with Crippen LogP contribution < -0.4 is 10.0 Å². The molecule has 0 saturated heterocycles. The van der Waals surface area contributed by atoms with Crippen LogP contribution in [0.25, 0.3) is 0 Å². The summed E-state index contributed by atoms with van der Waals surface area (Å²) >= 11 is 1.65. The number of benzene rings is 1. The zero-order valence-electron chi connectivity index (χ0n) is 13.5. The van der Waals surface area contributed by atoms with Gasteiger partial charge in [0.25, 0.3) is 0 Å². The number of nitrogens with one attached hydrogen (secondary N) is 2. The summed E-state index contributed by atoms with van der Waals surface area (Å²) in [5, 5.41) is 3.05. The number of rotatable bonds is 8. The number of sulfonamides is 1. The van der Waals surface area contributed by atoms with Gasteiger partial charge in [0.05, 0.1) is 4.90 Å². The van der Waals surface area contributed by atoms with Crippen molar-refractivity contribution in [2.75, 3.05) is 19.8 Å². The lowest BCUT2D eigenvalue weighted by atomic mass is 10.1. The van der Waals surface area contributed by atoms with E-state index in [2.05, 4.69) is 10.0 Å². The standard InChI is InChI=1S/C15H26N2O2S2/c1-6-13-8-7-12(10-16-4)9-14(13)21(18,19)17-11-15(2,3)20-5/h7-9,16-17H,6,10-11H2,1-5H3. The molecule has 0 atom stereocenters. The van der Waals surface area contributed by atoms with Gasteiger partial charge in [0.2, 0.25) is 10.0 Å². The van der Waals surface area contributed by atoms with Crippen molar-refractivity contribution in [2.45, 2.75) is 43.4 Å². The minimum atomic E-state index is -3.48. The molecule has 0 spiro atoms. The van der Waals surface area contributed by atoms with Gasteiger partial charge < -0.3 is 5.32 Å². The SMILES string of the molecule is CCc1ccc(CNC)cc1S(=O)(=O)NCC(C)(C)SC. The summed E-state index contributed by atoms with van der Waals surface area (Å²) in [7, 11) is -1.63. The Bertz CT molecular complexity index is 569. The first-order valence-electron chi connectivity index (χ1n) is 7.07. The molecular formula is C15H26N2O2S2. The molecule has 0 heterocycles. The van der Waals surface area contributed by atoms with E-state index < -0.39 is 10.0 Å². The second-order valence-electron chi connectivity index (χ2n) is 5.61. The molecule has 1 rings (SSSR count). The van der Waals surface area contributed by atoms with Crippen molar-refractivity contribution in [3.8, 4) is 0 Å². The van der Waals surface area contributed by atoms with E-state index >= 15 is 0 Å². The monoisotopic (exact) mass is 330 g/mol. The van der Waals surface area contributed by atoms with E-state index in [1.807, 2.05) is 46.2 Å². The van der Waals surface area contributed by atoms with Gasteiger partial charge in [-0.05, 0) is 50.8 Å². The Morgan fingerprint density at radius 2 is 1.95 bits per heavy atom. The van der Waals surface area contributed by atoms with Gasteiger partial charge in [-0.2, -0.15) is 11.8 Å². The van der Waals surface area contributed by atoms with Crippen molar-refractivity contribution >= 4 is 21.8 Å². The summed E-state index contributed by atoms with van der Waals surface area (Å²) in [6, 6.07) is 5.64. The summed E-state index contributed by atoms with van der Waals surface area (Å²) in [5.74, 6) is 0. The summed E-state index contributed by atoms with van der Waals surface area (Å²) in [6.07, 6.45) is 2.68. The van der Waals surface area contributed by atoms with Crippen molar-refractivity contribution in [1.82, 2.24) is 10.0 Å². The molecule has 4 nitrogen and oxygen atoms in total. The lowest BCUT2D eigenvalue weighted by Gasteiger charge is -2.22. The molecule has 0 radical (unpaired) electrons. The first-order chi connectivity index (χ1) is 9.75. The molecule has 0 aliphatic heterocycles. The molecule has 0 aliphatic carbocycles. The van der Waals surface area contributed by atoms with Crippen molar-refractivity contribution in [3.63, 3.8) is 0 Å². The lowest BCUT2D eigenvalue weighted by Crippen LogP contribution is -2.36. The molecule has 2 N–H and O–H groups in total. The zero-order chi connectivity index (χ0) is 16.1. The first-order valence-corrected chi connectivity index (χ1v) is 9.77. The second kappa shape index (κ2) is 7.63. The average Bonchev–Trinajstić information content (AvgIpc) is 2.46. The zero-order valence-corrected chi connectivity index (χ0v) is 15.1. The molecular weight excluding hydrogens is 304 g/mol. The van der Waals surface area contributed by atoms with E-state index in [0.29, 0.717) is 24.4 Å². The summed E-state index contributed by atoms with van der Waals surface area (Å²) < 4.78 is 27.8. The molecule has 6 heteroatoms. The molecule has 120 valence electrons. The third-order valence-electron chi connectivity index (χ3n) is 3.42. The largest absolute Gasteiger partial charge is 0.316 e. The normalized spacial score (nSPS) is 12.6. The highest BCUT2D eigenvalue weighted by Crippen LogP contribution is 2.22. The molecule has 0 aromatic heterocycles. The number of hydrogen-bond acceptors (Lipinski definition) is 4. The fraction of sp³-hybridized carbons (Fsp3) is 0.600. The lowest BCUT2D eigenvalue weighted by molar-refractivity contribution is 0.569. The van der Waals surface area contributed by atoms with E-state index in [1.165, 1.54) is 0 Å². The predicted octanol–water partition coefficient (Wildman–Crippen LogP) is 2.39. The number of hydrogen-bond donors (Lipinski definition) is 2. The van der Waals surface area contributed by atoms with Gasteiger partial charge in [0, 0.05) is 17.8 Å². The van der Waals surface area contributed by atoms with E-state index in [0.717, 1.165) is 11.1 Å². The molecule has 0 fully saturated rings. The van der Waals surface area contributed by atoms with Gasteiger partial charge in [-0.1, -0.05) is 19.1 Å². The van der Waals surface area contributed by atoms with E-state index in [-0.39, 0.29) is 4.75 Å². The van der Waals surface area contributed by atoms with E-state index in [4.69, 9.17) is 0 Å². The van der Waals surface area contributed by atoms with Crippen molar-refractivity contribution in [3.05, 3.63) is 29.3 Å². The van der Waals surface area contributed by atoms with Crippen LogP contribution in [-0.2, 0) is 23.0 Å². The Hall–Kier alpha value is -0.560. The van der Waals surface area contributed by atoms with Crippen molar-refractivity contribution in [1.29, 1.82) is 0 Å². The Balaban J connectivity index is 3.08. The van der Waals surface area contributed by atoms with Crippen LogP contribution in [0.15, 0.2) is 23.1 Å². The Labute approximate surface area is 133 Å². The van der Waals surface area contributed by atoms with Crippen LogP contribution in [0.1, 0.15) is 31.9 Å². The molecule has 0 unspecified atom stereocenters. The maximum absolute atomic E-state index is 12.6. The summed E-state index contributed by atoms with van der Waals surface area (Å²) in [5.41, 5.74) is 1.82. The van der Waals surface area contributed by atoms with Crippen LogP contribution in [0.4, 0.5) is 0 Å². The third kappa shape index (κ3) is 5.29. The van der Waals surface area contributed by atoms with Crippen LogP contribution in [0, 0.1) is 0 Å². The smallest absolute Gasteiger partial charge is 0.240 e. The van der Waals surface area contributed by atoms with Gasteiger partial charge in [0.15, 0.2) is 0 Å². The summed E-state index contributed by atoms with van der Waals surface area (Å²) in [6.45, 7) is 7.09. The van der Waals surface area contributed by atoms with Crippen LogP contribution in [0.2, 0.25) is 0 Å². The number of aryl methyl sites for hydroxylation is 1. The van der Waals surface area contributed by atoms with Gasteiger partial charge >= 0.3 is 0 Å². The van der Waals surface area contributed by atoms with Gasteiger partial charge in [-0.15, -0.1) is 0 Å². The van der Waals surface area contributed by atoms with Crippen LogP contribution >= 0.6 is 11.8 Å². The molecule has 0 aliphatic rings. The first kappa shape index (κ1) is 18.5. The van der Waals surface area contributed by atoms with Crippen LogP contribution in [0.5, 0.6) is 0 Å². The maximum atomic E-state index is 12.6. The van der Waals surface area contributed by atoms with Gasteiger partial charge in [0.1, 0.15) is 0 Å². The third-order valence-corrected chi connectivity index (χ3v) is 6.16. The van der Waals surface area contributed by atoms with Crippen LogP contribution in [0.3, 0.4) is 0 Å². The second-order valence-corrected chi connectivity index (χ2v) is 8.86. The summed E-state index contributed by atoms with van der Waals surface area (Å²) in [4.78, 5) is 0.398. The highest BCUT2D eigenvalue weighted by atomic mass is 32.2. The maximum Gasteiger partial charge on any atom is 0.240 e. The predicted molar refractivity (Wildman–Crippen MR) is 91.4 cm³/mol. The quantitative estimate of drug-likeness (QED) is 0.768. The fourth-order valence-corrected chi connectivity index (χ4v) is 3.75. The van der Waals surface area contributed by atoms with E-state index in [9.17, 15) is 8.42 Å². The molecule has 0 amide bonds. The van der Waals surface area contributed by atoms with Crippen molar-refractivity contribution < 1.29 is 8.42 Å². The molecule has 21 heavy (non-hydrogen) atoms. The van der Waals surface area contributed by atoms with E-state index in [1.54, 1.807) is 17.8 Å². The minimum absolute atomic E-state index is 0.123.